The number of carbonyl (C=O) groups excluding carboxylic acids is 1. The minimum absolute atomic E-state index is 0.253. The average Bonchev–Trinajstić information content (AvgIpc) is 2.76. The molecule has 0 unspecified atom stereocenters. The van der Waals surface area contributed by atoms with Crippen molar-refractivity contribution in [1.82, 2.24) is 0 Å². The fraction of sp³-hybridized carbons (Fsp3) is 0.476. The molecule has 154 valence electrons. The first kappa shape index (κ1) is 19.3. The van der Waals surface area contributed by atoms with Gasteiger partial charge >= 0.3 is 5.97 Å². The fourth-order valence-corrected chi connectivity index (χ4v) is 3.86. The molecular weight excluding hydrogens is 376 g/mol. The molecule has 0 radical (unpaired) electrons. The van der Waals surface area contributed by atoms with E-state index in [0.717, 1.165) is 12.8 Å². The lowest BCUT2D eigenvalue weighted by molar-refractivity contribution is -0.148. The Hall–Kier alpha value is -3.03. The van der Waals surface area contributed by atoms with E-state index in [1.54, 1.807) is 6.92 Å². The van der Waals surface area contributed by atoms with E-state index >= 15 is 0 Å². The maximum absolute atomic E-state index is 12.2. The summed E-state index contributed by atoms with van der Waals surface area (Å²) < 4.78 is 16.7. The van der Waals surface area contributed by atoms with Gasteiger partial charge in [-0.2, -0.15) is 0 Å². The van der Waals surface area contributed by atoms with Gasteiger partial charge in [-0.05, 0) is 31.9 Å². The second kappa shape index (κ2) is 8.14. The standard InChI is InChI=1S/C21H24N2O6/c1-2-27-21(26)13-6-5-9-23(11-13)18-17(19(24)20(18)25)22-10-14-12-28-15-7-3-4-8-16(15)29-14/h3-4,7-8,13-14,22H,2,5-6,9-12H2,1H3/t13-,14+/m1/s1. The second-order valence-electron chi connectivity index (χ2n) is 7.30. The minimum Gasteiger partial charge on any atom is -0.486 e. The lowest BCUT2D eigenvalue weighted by Gasteiger charge is -2.35. The van der Waals surface area contributed by atoms with E-state index in [1.165, 1.54) is 0 Å². The first-order chi connectivity index (χ1) is 14.1. The maximum Gasteiger partial charge on any atom is 0.310 e. The molecular formula is C21H24N2O6. The summed E-state index contributed by atoms with van der Waals surface area (Å²) in [4.78, 5) is 38.3. The van der Waals surface area contributed by atoms with Crippen LogP contribution in [0.15, 0.2) is 33.9 Å². The Kier molecular flexibility index (Phi) is 5.42. The molecule has 0 aliphatic carbocycles. The number of nitrogens with zero attached hydrogens (tertiary/aromatic N) is 1. The number of rotatable bonds is 6. The van der Waals surface area contributed by atoms with Gasteiger partial charge in [0.25, 0.3) is 10.9 Å². The molecule has 0 bridgehead atoms. The third-order valence-electron chi connectivity index (χ3n) is 5.32. The normalized spacial score (nSPS) is 21.1. The molecule has 2 atom stereocenters. The van der Waals surface area contributed by atoms with Gasteiger partial charge in [0.05, 0.1) is 19.1 Å². The molecule has 0 aromatic heterocycles. The monoisotopic (exact) mass is 400 g/mol. The van der Waals surface area contributed by atoms with Crippen molar-refractivity contribution in [1.29, 1.82) is 0 Å². The Balaban J connectivity index is 1.41. The second-order valence-corrected chi connectivity index (χ2v) is 7.30. The van der Waals surface area contributed by atoms with Crippen LogP contribution < -0.4 is 30.5 Å². The van der Waals surface area contributed by atoms with Crippen LogP contribution in [0, 0.1) is 5.92 Å². The van der Waals surface area contributed by atoms with Crippen molar-refractivity contribution in [3.63, 3.8) is 0 Å². The number of esters is 1. The van der Waals surface area contributed by atoms with Crippen molar-refractivity contribution in [3.8, 4) is 11.5 Å². The number of para-hydroxylation sites is 2. The van der Waals surface area contributed by atoms with E-state index in [9.17, 15) is 14.4 Å². The quantitative estimate of drug-likeness (QED) is 0.573. The first-order valence-electron chi connectivity index (χ1n) is 9.95. The average molecular weight is 400 g/mol. The third-order valence-corrected chi connectivity index (χ3v) is 5.32. The number of ether oxygens (including phenoxy) is 3. The number of benzene rings is 1. The molecule has 8 heteroatoms. The number of hydrogen-bond donors (Lipinski definition) is 1. The Morgan fingerprint density at radius 3 is 2.83 bits per heavy atom. The van der Waals surface area contributed by atoms with Crippen molar-refractivity contribution in [2.45, 2.75) is 25.9 Å². The Morgan fingerprint density at radius 1 is 1.24 bits per heavy atom. The first-order valence-corrected chi connectivity index (χ1v) is 9.95. The highest BCUT2D eigenvalue weighted by Crippen LogP contribution is 2.31. The summed E-state index contributed by atoms with van der Waals surface area (Å²) >= 11 is 0. The van der Waals surface area contributed by atoms with Crippen LogP contribution in [0.1, 0.15) is 19.8 Å². The van der Waals surface area contributed by atoms with Crippen molar-refractivity contribution in [3.05, 3.63) is 44.7 Å². The topological polar surface area (TPSA) is 94.2 Å². The SMILES string of the molecule is CCOC(=O)[C@@H]1CCCN(c2c(NC[C@H]3COc4ccccc4O3)c(=O)c2=O)C1. The fourth-order valence-electron chi connectivity index (χ4n) is 3.86. The molecule has 0 amide bonds. The van der Waals surface area contributed by atoms with Gasteiger partial charge in [-0.25, -0.2) is 0 Å². The predicted octanol–water partition coefficient (Wildman–Crippen LogP) is 1.31. The molecule has 2 aromatic rings. The molecule has 1 N–H and O–H groups in total. The van der Waals surface area contributed by atoms with Gasteiger partial charge in [0.15, 0.2) is 11.5 Å². The molecule has 2 heterocycles. The summed E-state index contributed by atoms with van der Waals surface area (Å²) in [7, 11) is 0. The van der Waals surface area contributed by atoms with Gasteiger partial charge in [0.2, 0.25) is 0 Å². The van der Waals surface area contributed by atoms with Gasteiger partial charge in [0.1, 0.15) is 24.1 Å². The van der Waals surface area contributed by atoms with Crippen molar-refractivity contribution in [2.24, 2.45) is 5.92 Å². The summed E-state index contributed by atoms with van der Waals surface area (Å²) in [5.41, 5.74) is -0.387. The predicted molar refractivity (Wildman–Crippen MR) is 108 cm³/mol. The van der Waals surface area contributed by atoms with Gasteiger partial charge in [-0.1, -0.05) is 12.1 Å². The van der Waals surface area contributed by atoms with E-state index in [4.69, 9.17) is 14.2 Å². The molecule has 2 aliphatic heterocycles. The molecule has 29 heavy (non-hydrogen) atoms. The Labute approximate surface area is 168 Å². The smallest absolute Gasteiger partial charge is 0.310 e. The van der Waals surface area contributed by atoms with Crippen LogP contribution >= 0.6 is 0 Å². The van der Waals surface area contributed by atoms with Gasteiger partial charge < -0.3 is 24.4 Å². The summed E-state index contributed by atoms with van der Waals surface area (Å²) in [6.07, 6.45) is 1.20. The molecule has 1 fully saturated rings. The van der Waals surface area contributed by atoms with Crippen LogP contribution in [-0.4, -0.2) is 44.9 Å². The summed E-state index contributed by atoms with van der Waals surface area (Å²) in [6.45, 7) is 3.80. The Morgan fingerprint density at radius 2 is 2.03 bits per heavy atom. The highest BCUT2D eigenvalue weighted by atomic mass is 16.6. The van der Waals surface area contributed by atoms with Crippen molar-refractivity contribution in [2.75, 3.05) is 43.1 Å². The van der Waals surface area contributed by atoms with E-state index in [2.05, 4.69) is 5.32 Å². The van der Waals surface area contributed by atoms with Crippen molar-refractivity contribution < 1.29 is 19.0 Å². The van der Waals surface area contributed by atoms with Crippen LogP contribution in [0.2, 0.25) is 0 Å². The molecule has 4 rings (SSSR count). The van der Waals surface area contributed by atoms with Crippen LogP contribution in [0.4, 0.5) is 11.4 Å². The number of piperidine rings is 1. The zero-order valence-corrected chi connectivity index (χ0v) is 16.3. The number of fused-ring (bicyclic) bond motifs is 1. The van der Waals surface area contributed by atoms with Crippen LogP contribution in [0.5, 0.6) is 11.5 Å². The van der Waals surface area contributed by atoms with Crippen LogP contribution in [0.3, 0.4) is 0 Å². The third kappa shape index (κ3) is 3.79. The lowest BCUT2D eigenvalue weighted by atomic mass is 9.96. The molecule has 2 aliphatic rings. The highest BCUT2D eigenvalue weighted by Gasteiger charge is 2.33. The Bertz CT molecular complexity index is 964. The zero-order chi connectivity index (χ0) is 20.4. The number of carbonyl (C=O) groups is 1. The maximum atomic E-state index is 12.2. The van der Waals surface area contributed by atoms with E-state index < -0.39 is 10.9 Å². The van der Waals surface area contributed by atoms with E-state index in [0.29, 0.717) is 55.7 Å². The van der Waals surface area contributed by atoms with Crippen molar-refractivity contribution >= 4 is 17.3 Å². The van der Waals surface area contributed by atoms with E-state index in [-0.39, 0.29) is 18.0 Å². The van der Waals surface area contributed by atoms with Crippen LogP contribution in [-0.2, 0) is 9.53 Å². The summed E-state index contributed by atoms with van der Waals surface area (Å²) in [5.74, 6) is 0.810. The lowest BCUT2D eigenvalue weighted by Crippen LogP contribution is -2.48. The number of anilines is 2. The number of hydrogen-bond acceptors (Lipinski definition) is 8. The molecule has 2 aromatic carbocycles. The van der Waals surface area contributed by atoms with Gasteiger partial charge in [-0.3, -0.25) is 14.4 Å². The number of nitrogens with one attached hydrogen (secondary N) is 1. The molecule has 0 spiro atoms. The van der Waals surface area contributed by atoms with E-state index in [1.807, 2.05) is 29.2 Å². The highest BCUT2D eigenvalue weighted by molar-refractivity contribution is 5.78. The van der Waals surface area contributed by atoms with Gasteiger partial charge in [0, 0.05) is 13.1 Å². The summed E-state index contributed by atoms with van der Waals surface area (Å²) in [5, 5.41) is 3.06. The summed E-state index contributed by atoms with van der Waals surface area (Å²) in [6, 6.07) is 7.40. The van der Waals surface area contributed by atoms with Gasteiger partial charge in [-0.15, -0.1) is 0 Å². The molecule has 1 saturated heterocycles. The molecule has 0 saturated carbocycles. The minimum atomic E-state index is -0.532. The van der Waals surface area contributed by atoms with Crippen LogP contribution in [0.25, 0.3) is 0 Å². The largest absolute Gasteiger partial charge is 0.486 e. The zero-order valence-electron chi connectivity index (χ0n) is 16.3. The molecule has 8 nitrogen and oxygen atoms in total.